The van der Waals surface area contributed by atoms with E-state index in [0.717, 1.165) is 18.5 Å². The third-order valence-electron chi connectivity index (χ3n) is 5.14. The van der Waals surface area contributed by atoms with Crippen LogP contribution in [0.15, 0.2) is 102 Å². The Morgan fingerprint density at radius 2 is 1.61 bits per heavy atom. The van der Waals surface area contributed by atoms with Gasteiger partial charge in [-0.3, -0.25) is 4.99 Å². The molecule has 0 fully saturated rings. The number of aliphatic imine (C=N–C) groups is 1. The van der Waals surface area contributed by atoms with Gasteiger partial charge >= 0.3 is 0 Å². The highest BCUT2D eigenvalue weighted by Crippen LogP contribution is 2.24. The number of hydrogen-bond acceptors (Lipinski definition) is 1. The minimum atomic E-state index is 0.480. The zero-order chi connectivity index (χ0) is 19.2. The third kappa shape index (κ3) is 4.58. The zero-order valence-electron chi connectivity index (χ0n) is 16.3. The molecule has 2 heteroatoms. The molecule has 3 aromatic rings. The lowest BCUT2D eigenvalue weighted by Gasteiger charge is -2.14. The minimum absolute atomic E-state index is 0.480. The molecule has 28 heavy (non-hydrogen) atoms. The van der Waals surface area contributed by atoms with E-state index in [4.69, 9.17) is 0 Å². The smallest absolute Gasteiger partial charge is 0.139 e. The Labute approximate surface area is 168 Å². The molecular formula is C26H24BN. The average Bonchev–Trinajstić information content (AvgIpc) is 2.75. The summed E-state index contributed by atoms with van der Waals surface area (Å²) in [6.45, 7) is 0.828. The van der Waals surface area contributed by atoms with Crippen LogP contribution in [-0.4, -0.2) is 20.6 Å². The molecule has 0 amide bonds. The van der Waals surface area contributed by atoms with Crippen molar-refractivity contribution in [2.45, 2.75) is 6.42 Å². The van der Waals surface area contributed by atoms with Crippen LogP contribution in [0.25, 0.3) is 16.7 Å². The summed E-state index contributed by atoms with van der Waals surface area (Å²) in [5.41, 5.74) is 7.56. The predicted octanol–water partition coefficient (Wildman–Crippen LogP) is 4.69. The lowest BCUT2D eigenvalue weighted by Crippen LogP contribution is -2.06. The molecule has 1 atom stereocenters. The van der Waals surface area contributed by atoms with Crippen LogP contribution in [0, 0.1) is 5.92 Å². The topological polar surface area (TPSA) is 12.4 Å². The van der Waals surface area contributed by atoms with Crippen LogP contribution in [0.1, 0.15) is 17.5 Å². The maximum atomic E-state index is 4.67. The molecule has 1 nitrogen and oxygen atoms in total. The second-order valence-electron chi connectivity index (χ2n) is 7.37. The van der Waals surface area contributed by atoms with E-state index in [2.05, 4.69) is 104 Å². The van der Waals surface area contributed by atoms with Gasteiger partial charge in [0.15, 0.2) is 0 Å². The Morgan fingerprint density at radius 3 is 2.32 bits per heavy atom. The van der Waals surface area contributed by atoms with E-state index in [-0.39, 0.29) is 0 Å². The Bertz CT molecular complexity index is 1010. The van der Waals surface area contributed by atoms with Crippen molar-refractivity contribution >= 4 is 25.1 Å². The van der Waals surface area contributed by atoms with Crippen molar-refractivity contribution in [1.29, 1.82) is 0 Å². The van der Waals surface area contributed by atoms with Crippen LogP contribution in [0.3, 0.4) is 0 Å². The van der Waals surface area contributed by atoms with E-state index in [1.165, 1.54) is 27.7 Å². The fraction of sp³-hybridized carbons (Fsp3) is 0.115. The Balaban J connectivity index is 1.33. The van der Waals surface area contributed by atoms with Gasteiger partial charge in [-0.15, -0.1) is 0 Å². The quantitative estimate of drug-likeness (QED) is 0.462. The molecule has 0 spiro atoms. The molecule has 0 saturated heterocycles. The summed E-state index contributed by atoms with van der Waals surface area (Å²) in [6, 6.07) is 27.7. The summed E-state index contributed by atoms with van der Waals surface area (Å²) < 4.78 is 0. The monoisotopic (exact) mass is 361 g/mol. The Kier molecular flexibility index (Phi) is 5.68. The van der Waals surface area contributed by atoms with Crippen LogP contribution in [0.2, 0.25) is 0 Å². The molecule has 1 aliphatic rings. The fourth-order valence-electron chi connectivity index (χ4n) is 3.52. The van der Waals surface area contributed by atoms with Crippen LogP contribution in [0.5, 0.6) is 0 Å². The maximum Gasteiger partial charge on any atom is 0.139 e. The molecule has 3 aromatic carbocycles. The van der Waals surface area contributed by atoms with Gasteiger partial charge in [0, 0.05) is 18.7 Å². The fourth-order valence-corrected chi connectivity index (χ4v) is 3.52. The average molecular weight is 361 g/mol. The van der Waals surface area contributed by atoms with Gasteiger partial charge in [0.05, 0.1) is 0 Å². The first-order chi connectivity index (χ1) is 13.8. The molecule has 4 rings (SSSR count). The van der Waals surface area contributed by atoms with Gasteiger partial charge < -0.3 is 0 Å². The Morgan fingerprint density at radius 1 is 0.857 bits per heavy atom. The van der Waals surface area contributed by atoms with E-state index in [1.807, 2.05) is 12.3 Å². The van der Waals surface area contributed by atoms with Crippen molar-refractivity contribution in [3.63, 3.8) is 0 Å². The molecule has 0 heterocycles. The predicted molar refractivity (Wildman–Crippen MR) is 124 cm³/mol. The SMILES string of the molecule is Bc1cccc(C2=CCC(C/N=C/c3ccc(-c4ccccc4)cc3)C=C2)c1. The number of allylic oxidation sites excluding steroid dienone is 3. The summed E-state index contributed by atoms with van der Waals surface area (Å²) in [4.78, 5) is 4.67. The summed E-state index contributed by atoms with van der Waals surface area (Å²) in [5.74, 6) is 0.480. The normalized spacial score (nSPS) is 16.3. The number of benzene rings is 3. The van der Waals surface area contributed by atoms with Gasteiger partial charge in [-0.2, -0.15) is 0 Å². The zero-order valence-corrected chi connectivity index (χ0v) is 16.3. The standard InChI is InChI=1S/C26H24BN/c27-26-8-4-7-25(17-26)24-15-11-21(12-16-24)19-28-18-20-9-13-23(14-10-20)22-5-2-1-3-6-22/h1-11,13-18,21H,12,19,27H2/b28-18+. The minimum Gasteiger partial charge on any atom is -0.292 e. The van der Waals surface area contributed by atoms with E-state index in [9.17, 15) is 0 Å². The molecule has 0 aromatic heterocycles. The largest absolute Gasteiger partial charge is 0.292 e. The second kappa shape index (κ2) is 8.71. The van der Waals surface area contributed by atoms with E-state index in [0.29, 0.717) is 5.92 Å². The van der Waals surface area contributed by atoms with Crippen LogP contribution < -0.4 is 5.46 Å². The molecule has 0 radical (unpaired) electrons. The first-order valence-electron chi connectivity index (χ1n) is 9.89. The van der Waals surface area contributed by atoms with Crippen molar-refractivity contribution < 1.29 is 0 Å². The van der Waals surface area contributed by atoms with E-state index < -0.39 is 0 Å². The lowest BCUT2D eigenvalue weighted by molar-refractivity contribution is 0.674. The van der Waals surface area contributed by atoms with Crippen molar-refractivity contribution in [3.8, 4) is 11.1 Å². The molecule has 0 aliphatic heterocycles. The van der Waals surface area contributed by atoms with Gasteiger partial charge in [0.25, 0.3) is 0 Å². The molecule has 0 bridgehead atoms. The van der Waals surface area contributed by atoms with Crippen LogP contribution >= 0.6 is 0 Å². The van der Waals surface area contributed by atoms with Crippen LogP contribution in [-0.2, 0) is 0 Å². The molecular weight excluding hydrogens is 337 g/mol. The first-order valence-corrected chi connectivity index (χ1v) is 9.89. The molecule has 1 unspecified atom stereocenters. The molecule has 0 saturated carbocycles. The van der Waals surface area contributed by atoms with Gasteiger partial charge in [0.1, 0.15) is 7.85 Å². The van der Waals surface area contributed by atoms with Gasteiger partial charge in [-0.1, -0.05) is 103 Å². The second-order valence-corrected chi connectivity index (χ2v) is 7.37. The third-order valence-corrected chi connectivity index (χ3v) is 5.14. The number of rotatable bonds is 5. The summed E-state index contributed by atoms with van der Waals surface area (Å²) >= 11 is 0. The first kappa shape index (κ1) is 18.2. The molecule has 136 valence electrons. The Hall–Kier alpha value is -3.13. The van der Waals surface area contributed by atoms with E-state index >= 15 is 0 Å². The molecule has 0 N–H and O–H groups in total. The number of hydrogen-bond donors (Lipinski definition) is 0. The van der Waals surface area contributed by atoms with Gasteiger partial charge in [-0.05, 0) is 34.2 Å². The van der Waals surface area contributed by atoms with Gasteiger partial charge in [-0.25, -0.2) is 0 Å². The van der Waals surface area contributed by atoms with Crippen molar-refractivity contribution in [1.82, 2.24) is 0 Å². The van der Waals surface area contributed by atoms with Gasteiger partial charge in [0.2, 0.25) is 0 Å². The summed E-state index contributed by atoms with van der Waals surface area (Å²) in [7, 11) is 2.14. The number of nitrogens with zero attached hydrogens (tertiary/aromatic N) is 1. The highest BCUT2D eigenvalue weighted by molar-refractivity contribution is 6.32. The maximum absolute atomic E-state index is 4.67. The van der Waals surface area contributed by atoms with Crippen molar-refractivity contribution in [2.24, 2.45) is 10.9 Å². The highest BCUT2D eigenvalue weighted by atomic mass is 14.7. The lowest BCUT2D eigenvalue weighted by atomic mass is 9.89. The van der Waals surface area contributed by atoms with E-state index in [1.54, 1.807) is 0 Å². The molecule has 1 aliphatic carbocycles. The van der Waals surface area contributed by atoms with Crippen LogP contribution in [0.4, 0.5) is 0 Å². The van der Waals surface area contributed by atoms with Crippen molar-refractivity contribution in [2.75, 3.05) is 6.54 Å². The summed E-state index contributed by atoms with van der Waals surface area (Å²) in [6.07, 6.45) is 9.91. The summed E-state index contributed by atoms with van der Waals surface area (Å²) in [5, 5.41) is 0. The highest BCUT2D eigenvalue weighted by Gasteiger charge is 2.09. The van der Waals surface area contributed by atoms with Crippen molar-refractivity contribution in [3.05, 3.63) is 108 Å².